The molecule has 82 valence electrons. The van der Waals surface area contributed by atoms with Gasteiger partial charge in [0.25, 0.3) is 5.91 Å². The summed E-state index contributed by atoms with van der Waals surface area (Å²) in [5.41, 5.74) is 0.400. The molecule has 0 aliphatic rings. The summed E-state index contributed by atoms with van der Waals surface area (Å²) in [5.74, 6) is 0.225. The van der Waals surface area contributed by atoms with Gasteiger partial charge in [0.15, 0.2) is 0 Å². The molecule has 0 aliphatic heterocycles. The van der Waals surface area contributed by atoms with Gasteiger partial charge in [0.2, 0.25) is 0 Å². The minimum Gasteiger partial charge on any atom is -0.508 e. The summed E-state index contributed by atoms with van der Waals surface area (Å²) >= 11 is 0. The number of phenolic OH excluding ortho intramolecular Hbond substituents is 1. The number of carbonyl (C=O) groups is 1. The first kappa shape index (κ1) is 11.7. The number of amides is 1. The molecule has 5 heteroatoms. The molecule has 1 amide bonds. The number of benzene rings is 1. The van der Waals surface area contributed by atoms with E-state index >= 15 is 0 Å². The number of hydrogen-bond donors (Lipinski definition) is 2. The summed E-state index contributed by atoms with van der Waals surface area (Å²) in [5, 5.41) is 11.8. The van der Waals surface area contributed by atoms with Gasteiger partial charge in [-0.3, -0.25) is 9.00 Å². The molecule has 2 N–H and O–H groups in total. The van der Waals surface area contributed by atoms with E-state index in [-0.39, 0.29) is 11.7 Å². The average Bonchev–Trinajstić information content (AvgIpc) is 2.17. The Labute approximate surface area is 90.8 Å². The van der Waals surface area contributed by atoms with Crippen LogP contribution in [-0.4, -0.2) is 33.8 Å². The van der Waals surface area contributed by atoms with Crippen LogP contribution in [0.3, 0.4) is 0 Å². The Morgan fingerprint density at radius 2 is 2.27 bits per heavy atom. The quantitative estimate of drug-likeness (QED) is 0.787. The Morgan fingerprint density at radius 1 is 1.53 bits per heavy atom. The minimum atomic E-state index is -0.907. The molecule has 0 saturated carbocycles. The van der Waals surface area contributed by atoms with E-state index in [4.69, 9.17) is 5.11 Å². The fourth-order valence-corrected chi connectivity index (χ4v) is 1.45. The van der Waals surface area contributed by atoms with Gasteiger partial charge in [-0.15, -0.1) is 0 Å². The van der Waals surface area contributed by atoms with E-state index in [0.29, 0.717) is 17.9 Å². The highest BCUT2D eigenvalue weighted by Gasteiger charge is 2.05. The molecule has 0 aliphatic carbocycles. The summed E-state index contributed by atoms with van der Waals surface area (Å²) in [6.45, 7) is 0.373. The summed E-state index contributed by atoms with van der Waals surface area (Å²) in [7, 11) is -0.907. The predicted octanol–water partition coefficient (Wildman–Crippen LogP) is 0.500. The summed E-state index contributed by atoms with van der Waals surface area (Å²) < 4.78 is 10.7. The van der Waals surface area contributed by atoms with Crippen molar-refractivity contribution >= 4 is 16.7 Å². The largest absolute Gasteiger partial charge is 0.508 e. The van der Waals surface area contributed by atoms with Gasteiger partial charge >= 0.3 is 0 Å². The molecule has 0 heterocycles. The fourth-order valence-electron chi connectivity index (χ4n) is 1.06. The molecule has 0 bridgehead atoms. The normalized spacial score (nSPS) is 12.1. The van der Waals surface area contributed by atoms with Gasteiger partial charge in [-0.2, -0.15) is 0 Å². The molecule has 0 spiro atoms. The molecule has 1 aromatic rings. The van der Waals surface area contributed by atoms with E-state index in [1.54, 1.807) is 18.4 Å². The Morgan fingerprint density at radius 3 is 2.87 bits per heavy atom. The van der Waals surface area contributed by atoms with Crippen LogP contribution >= 0.6 is 0 Å². The number of carbonyl (C=O) groups excluding carboxylic acids is 1. The molecule has 4 nitrogen and oxygen atoms in total. The van der Waals surface area contributed by atoms with Crippen LogP contribution in [0.15, 0.2) is 24.3 Å². The topological polar surface area (TPSA) is 66.4 Å². The van der Waals surface area contributed by atoms with Crippen molar-refractivity contribution in [2.75, 3.05) is 18.6 Å². The van der Waals surface area contributed by atoms with Gasteiger partial charge in [0, 0.05) is 34.9 Å². The Bertz CT molecular complexity index is 379. The molecular formula is C10H13NO3S. The molecule has 1 rings (SSSR count). The predicted molar refractivity (Wildman–Crippen MR) is 59.4 cm³/mol. The summed E-state index contributed by atoms with van der Waals surface area (Å²) in [6.07, 6.45) is 1.58. The highest BCUT2D eigenvalue weighted by molar-refractivity contribution is 7.84. The van der Waals surface area contributed by atoms with E-state index in [0.717, 1.165) is 0 Å². The Hall–Kier alpha value is -1.36. The van der Waals surface area contributed by atoms with Crippen molar-refractivity contribution in [2.24, 2.45) is 0 Å². The lowest BCUT2D eigenvalue weighted by atomic mass is 10.2. The van der Waals surface area contributed by atoms with Gasteiger partial charge in [0.05, 0.1) is 0 Å². The molecule has 15 heavy (non-hydrogen) atoms. The van der Waals surface area contributed by atoms with Crippen molar-refractivity contribution in [1.29, 1.82) is 0 Å². The lowest BCUT2D eigenvalue weighted by molar-refractivity contribution is 0.0956. The lowest BCUT2D eigenvalue weighted by Gasteiger charge is -2.03. The number of phenols is 1. The molecular weight excluding hydrogens is 214 g/mol. The standard InChI is InChI=1S/C10H13NO3S/c1-15(14)6-5-11-10(13)8-3-2-4-9(12)7-8/h2-4,7,12H,5-6H2,1H3,(H,11,13). The highest BCUT2D eigenvalue weighted by atomic mass is 32.2. The minimum absolute atomic E-state index is 0.0571. The van der Waals surface area contributed by atoms with E-state index in [9.17, 15) is 9.00 Å². The summed E-state index contributed by atoms with van der Waals surface area (Å²) in [6, 6.07) is 6.09. The zero-order chi connectivity index (χ0) is 11.3. The molecule has 1 atom stereocenters. The van der Waals surface area contributed by atoms with Gasteiger partial charge in [-0.1, -0.05) is 6.07 Å². The fraction of sp³-hybridized carbons (Fsp3) is 0.300. The maximum absolute atomic E-state index is 11.5. The van der Waals surface area contributed by atoms with Crippen LogP contribution in [0.1, 0.15) is 10.4 Å². The molecule has 0 fully saturated rings. The second-order valence-corrected chi connectivity index (χ2v) is 4.64. The van der Waals surface area contributed by atoms with Gasteiger partial charge in [0.1, 0.15) is 5.75 Å². The highest BCUT2D eigenvalue weighted by Crippen LogP contribution is 2.10. The van der Waals surface area contributed by atoms with Gasteiger partial charge < -0.3 is 10.4 Å². The smallest absolute Gasteiger partial charge is 0.251 e. The van der Waals surface area contributed by atoms with E-state index in [2.05, 4.69) is 5.32 Å². The second kappa shape index (κ2) is 5.50. The van der Waals surface area contributed by atoms with Crippen LogP contribution in [0.2, 0.25) is 0 Å². The van der Waals surface area contributed by atoms with Crippen LogP contribution in [0.25, 0.3) is 0 Å². The van der Waals surface area contributed by atoms with Crippen LogP contribution in [-0.2, 0) is 10.8 Å². The third-order valence-corrected chi connectivity index (χ3v) is 2.56. The van der Waals surface area contributed by atoms with Crippen molar-refractivity contribution in [3.05, 3.63) is 29.8 Å². The van der Waals surface area contributed by atoms with Crippen LogP contribution in [0.4, 0.5) is 0 Å². The zero-order valence-corrected chi connectivity index (χ0v) is 9.21. The van der Waals surface area contributed by atoms with Crippen LogP contribution < -0.4 is 5.32 Å². The lowest BCUT2D eigenvalue weighted by Crippen LogP contribution is -2.27. The van der Waals surface area contributed by atoms with Crippen molar-refractivity contribution in [3.63, 3.8) is 0 Å². The van der Waals surface area contributed by atoms with Crippen LogP contribution in [0, 0.1) is 0 Å². The maximum atomic E-state index is 11.5. The van der Waals surface area contributed by atoms with E-state index < -0.39 is 10.8 Å². The SMILES string of the molecule is CS(=O)CCNC(=O)c1cccc(O)c1. The molecule has 0 radical (unpaired) electrons. The van der Waals surface area contributed by atoms with Crippen molar-refractivity contribution in [2.45, 2.75) is 0 Å². The number of rotatable bonds is 4. The maximum Gasteiger partial charge on any atom is 0.251 e. The van der Waals surface area contributed by atoms with Crippen molar-refractivity contribution < 1.29 is 14.1 Å². The molecule has 0 saturated heterocycles. The molecule has 0 aromatic heterocycles. The van der Waals surface area contributed by atoms with Crippen LogP contribution in [0.5, 0.6) is 5.75 Å². The first-order chi connectivity index (χ1) is 7.09. The molecule has 1 unspecified atom stereocenters. The monoisotopic (exact) mass is 227 g/mol. The van der Waals surface area contributed by atoms with E-state index in [1.807, 2.05) is 0 Å². The first-order valence-corrected chi connectivity index (χ1v) is 6.19. The Kier molecular flexibility index (Phi) is 4.30. The third kappa shape index (κ3) is 4.12. The van der Waals surface area contributed by atoms with Crippen molar-refractivity contribution in [3.8, 4) is 5.75 Å². The number of nitrogens with one attached hydrogen (secondary N) is 1. The average molecular weight is 227 g/mol. The van der Waals surface area contributed by atoms with Gasteiger partial charge in [-0.25, -0.2) is 0 Å². The van der Waals surface area contributed by atoms with Crippen molar-refractivity contribution in [1.82, 2.24) is 5.32 Å². The number of hydrogen-bond acceptors (Lipinski definition) is 3. The second-order valence-electron chi connectivity index (χ2n) is 3.08. The van der Waals surface area contributed by atoms with Gasteiger partial charge in [-0.05, 0) is 18.2 Å². The molecule has 1 aromatic carbocycles. The third-order valence-electron chi connectivity index (χ3n) is 1.78. The van der Waals surface area contributed by atoms with E-state index in [1.165, 1.54) is 12.1 Å². The zero-order valence-electron chi connectivity index (χ0n) is 8.40. The summed E-state index contributed by atoms with van der Waals surface area (Å²) in [4.78, 5) is 11.5. The Balaban J connectivity index is 2.50. The first-order valence-electron chi connectivity index (χ1n) is 4.47. The number of aromatic hydroxyl groups is 1.